The molecule has 2 aliphatic rings. The van der Waals surface area contributed by atoms with Crippen molar-refractivity contribution in [1.82, 2.24) is 24.5 Å². The first kappa shape index (κ1) is 16.0. The number of rotatable bonds is 2. The molecule has 2 saturated heterocycles. The van der Waals surface area contributed by atoms with Gasteiger partial charge in [-0.1, -0.05) is 13.8 Å². The van der Waals surface area contributed by atoms with Gasteiger partial charge < -0.3 is 10.2 Å². The highest BCUT2D eigenvalue weighted by Crippen LogP contribution is 2.32. The van der Waals surface area contributed by atoms with Crippen molar-refractivity contribution in [2.24, 2.45) is 0 Å². The van der Waals surface area contributed by atoms with E-state index in [0.717, 1.165) is 16.9 Å². The minimum atomic E-state index is -0.202. The predicted octanol–water partition coefficient (Wildman–Crippen LogP) is 2.01. The van der Waals surface area contributed by atoms with Crippen LogP contribution in [0.4, 0.5) is 9.83 Å². The molecule has 2 fully saturated rings. The van der Waals surface area contributed by atoms with Crippen LogP contribution in [0.1, 0.15) is 32.4 Å². The first-order valence-corrected chi connectivity index (χ1v) is 8.44. The Bertz CT molecular complexity index is 735. The van der Waals surface area contributed by atoms with E-state index in [9.17, 15) is 8.68 Å². The highest BCUT2D eigenvalue weighted by Gasteiger charge is 2.43. The van der Waals surface area contributed by atoms with Crippen molar-refractivity contribution in [2.75, 3.05) is 11.4 Å². The minimum absolute atomic E-state index is 0.0222. The van der Waals surface area contributed by atoms with Crippen LogP contribution in [0.15, 0.2) is 6.20 Å². The number of hydrogen-bond acceptors (Lipinski definition) is 6. The molecule has 7 nitrogen and oxygen atoms in total. The van der Waals surface area contributed by atoms with Gasteiger partial charge in [0.2, 0.25) is 11.9 Å². The summed E-state index contributed by atoms with van der Waals surface area (Å²) in [5.41, 5.74) is 1.81. The molecule has 0 aromatic carbocycles. The Hall–Kier alpha value is -1.90. The fraction of sp³-hybridized carbons (Fsp3) is 0.571. The number of anilines is 1. The van der Waals surface area contributed by atoms with E-state index in [0.29, 0.717) is 29.2 Å². The Morgan fingerprint density at radius 2 is 2.17 bits per heavy atom. The standard InChI is InChI=1S/C12H13FN6OS.C2H6/c1-6-10-9(19(17-6)21-13)5-15-12(16-10)18-7-2-3-8(18)11(20)14-4-7;1-2/h5,7-8H,2-4H2,1H3,(H,14,20);1-2H3. The third kappa shape index (κ3) is 2.52. The minimum Gasteiger partial charge on any atom is -0.352 e. The lowest BCUT2D eigenvalue weighted by Gasteiger charge is -2.34. The van der Waals surface area contributed by atoms with Crippen molar-refractivity contribution in [3.05, 3.63) is 11.9 Å². The van der Waals surface area contributed by atoms with E-state index in [-0.39, 0.29) is 30.3 Å². The number of amides is 1. The van der Waals surface area contributed by atoms with Crippen LogP contribution in [0.2, 0.25) is 0 Å². The normalized spacial score (nSPS) is 22.8. The Labute approximate surface area is 138 Å². The molecule has 2 aromatic rings. The molecule has 0 saturated carbocycles. The number of halogens is 1. The molecule has 0 aliphatic carbocycles. The van der Waals surface area contributed by atoms with Crippen LogP contribution in [0.5, 0.6) is 0 Å². The zero-order valence-electron chi connectivity index (χ0n) is 13.3. The maximum Gasteiger partial charge on any atom is 0.242 e. The van der Waals surface area contributed by atoms with E-state index < -0.39 is 0 Å². The number of nitrogens with one attached hydrogen (secondary N) is 1. The summed E-state index contributed by atoms with van der Waals surface area (Å²) in [6.07, 6.45) is 3.33. The lowest BCUT2D eigenvalue weighted by molar-refractivity contribution is -0.122. The lowest BCUT2D eigenvalue weighted by atomic mass is 10.2. The molecular weight excluding hydrogens is 319 g/mol. The van der Waals surface area contributed by atoms with Crippen molar-refractivity contribution in [3.8, 4) is 0 Å². The first-order chi connectivity index (χ1) is 11.2. The third-order valence-corrected chi connectivity index (χ3v) is 4.57. The van der Waals surface area contributed by atoms with Gasteiger partial charge in [0.25, 0.3) is 0 Å². The van der Waals surface area contributed by atoms with Gasteiger partial charge in [0.05, 0.1) is 17.9 Å². The van der Waals surface area contributed by atoms with Crippen LogP contribution in [-0.2, 0) is 4.79 Å². The van der Waals surface area contributed by atoms with E-state index in [1.54, 1.807) is 13.1 Å². The number of hydrogen-bond donors (Lipinski definition) is 1. The maximum atomic E-state index is 12.8. The number of nitrogens with zero attached hydrogens (tertiary/aromatic N) is 5. The van der Waals surface area contributed by atoms with E-state index in [1.807, 2.05) is 18.7 Å². The van der Waals surface area contributed by atoms with Gasteiger partial charge >= 0.3 is 0 Å². The molecule has 4 rings (SSSR count). The summed E-state index contributed by atoms with van der Waals surface area (Å²) in [5, 5.41) is 6.97. The molecule has 2 atom stereocenters. The van der Waals surface area contributed by atoms with E-state index >= 15 is 0 Å². The van der Waals surface area contributed by atoms with Crippen LogP contribution in [-0.4, -0.2) is 43.7 Å². The molecule has 2 aliphatic heterocycles. The molecule has 0 spiro atoms. The van der Waals surface area contributed by atoms with Crippen LogP contribution < -0.4 is 10.2 Å². The Kier molecular flexibility index (Phi) is 4.38. The van der Waals surface area contributed by atoms with Gasteiger partial charge in [0.15, 0.2) is 12.3 Å². The average Bonchev–Trinajstić information content (AvgIpc) is 3.09. The lowest BCUT2D eigenvalue weighted by Crippen LogP contribution is -2.56. The first-order valence-electron chi connectivity index (χ1n) is 7.76. The summed E-state index contributed by atoms with van der Waals surface area (Å²) in [4.78, 5) is 22.8. The summed E-state index contributed by atoms with van der Waals surface area (Å²) >= 11 is 0.0222. The van der Waals surface area contributed by atoms with Gasteiger partial charge in [0.1, 0.15) is 17.1 Å². The predicted molar refractivity (Wildman–Crippen MR) is 87.8 cm³/mol. The number of carbonyl (C=O) groups is 1. The van der Waals surface area contributed by atoms with Gasteiger partial charge in [-0.25, -0.2) is 9.97 Å². The van der Waals surface area contributed by atoms with Crippen molar-refractivity contribution in [3.63, 3.8) is 0 Å². The number of piperazine rings is 1. The second-order valence-electron chi connectivity index (χ2n) is 5.33. The third-order valence-electron chi connectivity index (χ3n) is 4.16. The molecule has 4 heterocycles. The van der Waals surface area contributed by atoms with E-state index in [4.69, 9.17) is 0 Å². The Balaban J connectivity index is 0.000000753. The molecule has 2 bridgehead atoms. The SMILES string of the molecule is CC.Cc1nn(SF)c2cnc(N3C4CCC3C(=O)NC4)nc12. The number of fused-ring (bicyclic) bond motifs is 3. The zero-order chi connectivity index (χ0) is 16.6. The summed E-state index contributed by atoms with van der Waals surface area (Å²) in [6, 6.07) is 0.0307. The summed E-state index contributed by atoms with van der Waals surface area (Å²) in [7, 11) is 0. The van der Waals surface area contributed by atoms with Crippen LogP contribution in [0.3, 0.4) is 0 Å². The molecule has 2 unspecified atom stereocenters. The molecule has 124 valence electrons. The Morgan fingerprint density at radius 1 is 1.39 bits per heavy atom. The van der Waals surface area contributed by atoms with E-state index in [1.165, 1.54) is 0 Å². The number of carbonyl (C=O) groups excluding carboxylic acids is 1. The van der Waals surface area contributed by atoms with Crippen LogP contribution in [0.25, 0.3) is 11.0 Å². The molecular formula is C14H19FN6OS. The van der Waals surface area contributed by atoms with Gasteiger partial charge in [-0.05, 0) is 19.8 Å². The van der Waals surface area contributed by atoms with E-state index in [2.05, 4.69) is 20.4 Å². The molecule has 1 amide bonds. The summed E-state index contributed by atoms with van der Waals surface area (Å²) in [6.45, 7) is 6.40. The quantitative estimate of drug-likeness (QED) is 0.903. The smallest absolute Gasteiger partial charge is 0.242 e. The second-order valence-corrected chi connectivity index (χ2v) is 5.81. The average molecular weight is 338 g/mol. The zero-order valence-corrected chi connectivity index (χ0v) is 14.1. The van der Waals surface area contributed by atoms with Crippen molar-refractivity contribution >= 4 is 35.2 Å². The fourth-order valence-electron chi connectivity index (χ4n) is 3.17. The Morgan fingerprint density at radius 3 is 2.91 bits per heavy atom. The van der Waals surface area contributed by atoms with Gasteiger partial charge in [-0.3, -0.25) is 4.79 Å². The molecule has 1 N–H and O–H groups in total. The second kappa shape index (κ2) is 6.31. The van der Waals surface area contributed by atoms with Gasteiger partial charge in [0, 0.05) is 6.54 Å². The maximum absolute atomic E-state index is 12.8. The fourth-order valence-corrected chi connectivity index (χ4v) is 3.53. The largest absolute Gasteiger partial charge is 0.352 e. The van der Waals surface area contributed by atoms with Gasteiger partial charge in [-0.2, -0.15) is 9.19 Å². The highest BCUT2D eigenvalue weighted by atomic mass is 32.2. The summed E-state index contributed by atoms with van der Waals surface area (Å²) in [5.74, 6) is 0.551. The van der Waals surface area contributed by atoms with Crippen LogP contribution in [0, 0.1) is 6.92 Å². The van der Waals surface area contributed by atoms with Crippen molar-refractivity contribution in [1.29, 1.82) is 0 Å². The summed E-state index contributed by atoms with van der Waals surface area (Å²) < 4.78 is 14.0. The topological polar surface area (TPSA) is 75.9 Å². The number of aryl methyl sites for hydroxylation is 1. The molecule has 0 radical (unpaired) electrons. The highest BCUT2D eigenvalue weighted by molar-refractivity contribution is 7.92. The number of aromatic nitrogens is 4. The van der Waals surface area contributed by atoms with Crippen LogP contribution >= 0.6 is 12.3 Å². The van der Waals surface area contributed by atoms with Crippen molar-refractivity contribution < 1.29 is 8.68 Å². The monoisotopic (exact) mass is 338 g/mol. The van der Waals surface area contributed by atoms with Gasteiger partial charge in [-0.15, -0.1) is 3.89 Å². The molecule has 23 heavy (non-hydrogen) atoms. The van der Waals surface area contributed by atoms with Crippen molar-refractivity contribution in [2.45, 2.75) is 45.7 Å². The molecule has 9 heteroatoms. The molecule has 2 aromatic heterocycles.